The molecule has 6 rings (SSSR count). The molecule has 0 saturated carbocycles. The number of hydrogen-bond donors (Lipinski definition) is 6. The second-order valence-corrected chi connectivity index (χ2v) is 16.9. The number of thioether (sulfide) groups is 2. The van der Waals surface area contributed by atoms with Gasteiger partial charge in [0, 0.05) is 34.9 Å². The summed E-state index contributed by atoms with van der Waals surface area (Å²) < 4.78 is 12.0. The molecule has 6 unspecified atom stereocenters. The van der Waals surface area contributed by atoms with Crippen LogP contribution in [0.3, 0.4) is 0 Å². The number of carboxylic acids is 3. The van der Waals surface area contributed by atoms with Gasteiger partial charge in [-0.2, -0.15) is 0 Å². The second kappa shape index (κ2) is 20.2. The molecule has 0 radical (unpaired) electrons. The van der Waals surface area contributed by atoms with Gasteiger partial charge >= 0.3 is 17.9 Å². The lowest BCUT2D eigenvalue weighted by Crippen LogP contribution is -2.36. The van der Waals surface area contributed by atoms with Crippen molar-refractivity contribution in [3.05, 3.63) is 83.9 Å². The van der Waals surface area contributed by atoms with Crippen molar-refractivity contribution in [3.63, 3.8) is 0 Å². The quantitative estimate of drug-likeness (QED) is 0.0897. The average molecular weight is 807 g/mol. The van der Waals surface area contributed by atoms with Crippen molar-refractivity contribution in [2.24, 2.45) is 17.8 Å². The summed E-state index contributed by atoms with van der Waals surface area (Å²) >= 11 is 2.64. The average Bonchev–Trinajstić information content (AvgIpc) is 4.00. The number of amides is 1. The Morgan fingerprint density at radius 3 is 1.77 bits per heavy atom. The highest BCUT2D eigenvalue weighted by Gasteiger charge is 2.34. The predicted molar refractivity (Wildman–Crippen MR) is 213 cm³/mol. The van der Waals surface area contributed by atoms with Crippen molar-refractivity contribution in [1.29, 1.82) is 0 Å². The van der Waals surface area contributed by atoms with E-state index in [9.17, 15) is 34.5 Å². The minimum absolute atomic E-state index is 0.0169. The molecule has 0 spiro atoms. The summed E-state index contributed by atoms with van der Waals surface area (Å²) in [6.07, 6.45) is 1.40. The van der Waals surface area contributed by atoms with Gasteiger partial charge in [0.1, 0.15) is 28.6 Å². The largest absolute Gasteiger partial charge is 0.492 e. The highest BCUT2D eigenvalue weighted by Crippen LogP contribution is 2.34. The van der Waals surface area contributed by atoms with Crippen LogP contribution in [0.5, 0.6) is 11.5 Å². The molecular formula is C41H50N4O9S2. The lowest BCUT2D eigenvalue weighted by molar-refractivity contribution is -0.147. The summed E-state index contributed by atoms with van der Waals surface area (Å²) in [5.74, 6) is -2.14. The molecule has 300 valence electrons. The molecule has 13 nitrogen and oxygen atoms in total. The molecular weight excluding hydrogens is 757 g/mol. The van der Waals surface area contributed by atoms with Crippen LogP contribution in [0.4, 0.5) is 0 Å². The van der Waals surface area contributed by atoms with E-state index in [1.807, 2.05) is 48.5 Å². The second-order valence-electron chi connectivity index (χ2n) is 14.5. The predicted octanol–water partition coefficient (Wildman–Crippen LogP) is 4.09. The van der Waals surface area contributed by atoms with Gasteiger partial charge in [-0.25, -0.2) is 4.79 Å². The number of rotatable bonds is 20. The first-order chi connectivity index (χ1) is 27.1. The molecule has 3 aliphatic heterocycles. The van der Waals surface area contributed by atoms with E-state index in [4.69, 9.17) is 9.47 Å². The van der Waals surface area contributed by atoms with E-state index in [1.54, 1.807) is 29.2 Å². The van der Waals surface area contributed by atoms with Crippen LogP contribution >= 0.6 is 23.5 Å². The first kappa shape index (κ1) is 41.4. The molecule has 3 aromatic carbocycles. The fourth-order valence-corrected chi connectivity index (χ4v) is 9.84. The number of ether oxygens (including phenoxy) is 2. The molecule has 56 heavy (non-hydrogen) atoms. The molecule has 3 heterocycles. The van der Waals surface area contributed by atoms with E-state index < -0.39 is 34.5 Å². The molecule has 15 heteroatoms. The van der Waals surface area contributed by atoms with Crippen molar-refractivity contribution in [2.75, 3.05) is 52.4 Å². The van der Waals surface area contributed by atoms with Crippen molar-refractivity contribution < 1.29 is 44.0 Å². The van der Waals surface area contributed by atoms with E-state index in [2.05, 4.69) is 16.0 Å². The Kier molecular flexibility index (Phi) is 14.9. The molecule has 3 saturated heterocycles. The summed E-state index contributed by atoms with van der Waals surface area (Å²) in [5, 5.41) is 38.3. The van der Waals surface area contributed by atoms with E-state index in [0.29, 0.717) is 37.6 Å². The van der Waals surface area contributed by atoms with E-state index in [-0.39, 0.29) is 49.8 Å². The molecule has 3 fully saturated rings. The first-order valence-corrected chi connectivity index (χ1v) is 20.9. The highest BCUT2D eigenvalue weighted by atomic mass is 32.2. The zero-order valence-electron chi connectivity index (χ0n) is 31.1. The van der Waals surface area contributed by atoms with Crippen LogP contribution in [0.15, 0.2) is 82.6 Å². The lowest BCUT2D eigenvalue weighted by Gasteiger charge is -2.24. The summed E-state index contributed by atoms with van der Waals surface area (Å²) in [6, 6.07) is 21.9. The zero-order chi connectivity index (χ0) is 39.4. The van der Waals surface area contributed by atoms with Gasteiger partial charge in [-0.1, -0.05) is 30.3 Å². The summed E-state index contributed by atoms with van der Waals surface area (Å²) in [4.78, 5) is 53.8. The van der Waals surface area contributed by atoms with Crippen LogP contribution in [0.25, 0.3) is 0 Å². The van der Waals surface area contributed by atoms with Crippen LogP contribution in [0, 0.1) is 17.8 Å². The van der Waals surface area contributed by atoms with Gasteiger partial charge in [0.25, 0.3) is 0 Å². The minimum atomic E-state index is -1.02. The third-order valence-electron chi connectivity index (χ3n) is 10.4. The third kappa shape index (κ3) is 11.6. The molecule has 6 atom stereocenters. The van der Waals surface area contributed by atoms with Crippen molar-refractivity contribution in [2.45, 2.75) is 58.6 Å². The molecule has 1 amide bonds. The lowest BCUT2D eigenvalue weighted by atomic mass is 10.0. The van der Waals surface area contributed by atoms with Crippen molar-refractivity contribution in [3.8, 4) is 11.5 Å². The molecule has 0 aromatic heterocycles. The Bertz CT molecular complexity index is 1810. The number of aliphatic carboxylic acids is 3. The highest BCUT2D eigenvalue weighted by molar-refractivity contribution is 8.00. The van der Waals surface area contributed by atoms with Gasteiger partial charge in [0.15, 0.2) is 6.10 Å². The van der Waals surface area contributed by atoms with Gasteiger partial charge in [-0.15, -0.1) is 23.5 Å². The standard InChI is InChI=1S/C41H50N4O9S2/c46-35(20-26-4-1-8-33(18-26)55-37(40(49)50)29-11-14-43-23-29)45(25-27-5-2-9-34(19-27)56-38(41(51)52)30-12-15-44-24-30)16-17-53-31-6-3-7-32(21-31)54-36(39(47)48)28-10-13-42-22-28/h1-9,18-19,21,28-30,36-38,42-44H,10-17,20,22-25H2,(H,47,48)(H,49,50)(H,51,52). The number of carbonyl (C=O) groups excluding carboxylic acids is 1. The number of hydrogen-bond acceptors (Lipinski definition) is 11. The normalized spacial score (nSPS) is 20.9. The maximum Gasteiger partial charge on any atom is 0.345 e. The topological polar surface area (TPSA) is 187 Å². The fraction of sp³-hybridized carbons (Fsp3) is 0.463. The van der Waals surface area contributed by atoms with E-state index in [1.165, 1.54) is 23.5 Å². The Morgan fingerprint density at radius 1 is 0.679 bits per heavy atom. The van der Waals surface area contributed by atoms with Crippen LogP contribution in [0.1, 0.15) is 30.4 Å². The molecule has 6 N–H and O–H groups in total. The van der Waals surface area contributed by atoms with Gasteiger partial charge in [0.05, 0.1) is 13.0 Å². The number of carbonyl (C=O) groups is 4. The van der Waals surface area contributed by atoms with Crippen molar-refractivity contribution >= 4 is 47.3 Å². The van der Waals surface area contributed by atoms with Crippen molar-refractivity contribution in [1.82, 2.24) is 20.9 Å². The zero-order valence-corrected chi connectivity index (χ0v) is 32.8. The molecule has 0 bridgehead atoms. The number of nitrogens with one attached hydrogen (secondary N) is 3. The van der Waals surface area contributed by atoms with E-state index >= 15 is 0 Å². The van der Waals surface area contributed by atoms with Gasteiger partial charge in [-0.3, -0.25) is 14.4 Å². The molecule has 3 aromatic rings. The first-order valence-electron chi connectivity index (χ1n) is 19.1. The fourth-order valence-electron chi connectivity index (χ4n) is 7.45. The van der Waals surface area contributed by atoms with Gasteiger partial charge < -0.3 is 45.6 Å². The van der Waals surface area contributed by atoms with Crippen LogP contribution in [-0.2, 0) is 32.1 Å². The minimum Gasteiger partial charge on any atom is -0.492 e. The summed E-state index contributed by atoms with van der Waals surface area (Å²) in [6.45, 7) is 4.84. The SMILES string of the molecule is O=C(O)C(Oc1cccc(OCCN(Cc2cccc(SC(C(=O)O)C3CCNC3)c2)C(=O)Cc2cccc(SC(C(=O)O)C3CCNC3)c2)c1)C1CCNC1. The summed E-state index contributed by atoms with van der Waals surface area (Å²) in [7, 11) is 0. The van der Waals surface area contributed by atoms with Crippen LogP contribution in [0.2, 0.25) is 0 Å². The number of carboxylic acid groups (broad SMARTS) is 3. The molecule has 0 aliphatic carbocycles. The Morgan fingerprint density at radius 2 is 1.21 bits per heavy atom. The monoisotopic (exact) mass is 806 g/mol. The van der Waals surface area contributed by atoms with Gasteiger partial charge in [0.2, 0.25) is 5.91 Å². The Labute approximate surface area is 335 Å². The third-order valence-corrected chi connectivity index (χ3v) is 13.1. The summed E-state index contributed by atoms with van der Waals surface area (Å²) in [5.41, 5.74) is 1.60. The number of nitrogens with zero attached hydrogens (tertiary/aromatic N) is 1. The maximum atomic E-state index is 14.1. The Hall–Kier alpha value is -4.28. The smallest absolute Gasteiger partial charge is 0.345 e. The van der Waals surface area contributed by atoms with Gasteiger partial charge in [-0.05, 0) is 111 Å². The van der Waals surface area contributed by atoms with Crippen LogP contribution < -0.4 is 25.4 Å². The maximum absolute atomic E-state index is 14.1. The molecule has 3 aliphatic rings. The van der Waals surface area contributed by atoms with E-state index in [0.717, 1.165) is 53.4 Å². The Balaban J connectivity index is 1.15. The van der Waals surface area contributed by atoms with Crippen LogP contribution in [-0.4, -0.2) is 113 Å². The number of benzene rings is 3.